The molecule has 0 aliphatic heterocycles. The second kappa shape index (κ2) is 8.53. The number of aryl methyl sites for hydroxylation is 1. The molecular formula is C15H24N2O2. The van der Waals surface area contributed by atoms with Gasteiger partial charge in [-0.15, -0.1) is 0 Å². The van der Waals surface area contributed by atoms with Gasteiger partial charge in [-0.1, -0.05) is 31.5 Å². The van der Waals surface area contributed by atoms with Gasteiger partial charge >= 0.3 is 0 Å². The van der Waals surface area contributed by atoms with Gasteiger partial charge in [-0.3, -0.25) is 4.79 Å². The molecule has 0 atom stereocenters. The summed E-state index contributed by atoms with van der Waals surface area (Å²) in [5.41, 5.74) is 1.18. The van der Waals surface area contributed by atoms with Crippen LogP contribution in [0.3, 0.4) is 0 Å². The molecular weight excluding hydrogens is 240 g/mol. The van der Waals surface area contributed by atoms with Crippen molar-refractivity contribution in [2.45, 2.75) is 20.8 Å². The van der Waals surface area contributed by atoms with Gasteiger partial charge in [0, 0.05) is 13.1 Å². The standard InChI is InChI=1S/C15H24N2O2/c1-4-17(5-2)11-10-16-15(18)12-19-14-8-6-13(3)7-9-14/h6-9H,4-5,10-12H2,1-3H3,(H,16,18). The summed E-state index contributed by atoms with van der Waals surface area (Å²) in [4.78, 5) is 13.9. The van der Waals surface area contributed by atoms with Crippen LogP contribution < -0.4 is 10.1 Å². The molecule has 4 heteroatoms. The van der Waals surface area contributed by atoms with E-state index in [0.717, 1.165) is 25.4 Å². The van der Waals surface area contributed by atoms with Crippen molar-refractivity contribution in [3.63, 3.8) is 0 Å². The van der Waals surface area contributed by atoms with E-state index in [4.69, 9.17) is 4.74 Å². The molecule has 0 heterocycles. The lowest BCUT2D eigenvalue weighted by Crippen LogP contribution is -2.36. The maximum Gasteiger partial charge on any atom is 0.257 e. The van der Waals surface area contributed by atoms with Gasteiger partial charge < -0.3 is 15.0 Å². The second-order valence-corrected chi connectivity index (χ2v) is 4.48. The monoisotopic (exact) mass is 264 g/mol. The Bertz CT molecular complexity index is 372. The first-order valence-electron chi connectivity index (χ1n) is 6.84. The minimum absolute atomic E-state index is 0.0707. The van der Waals surface area contributed by atoms with Gasteiger partial charge in [-0.25, -0.2) is 0 Å². The van der Waals surface area contributed by atoms with E-state index in [1.165, 1.54) is 5.56 Å². The molecule has 1 aromatic carbocycles. The van der Waals surface area contributed by atoms with Gasteiger partial charge in [0.2, 0.25) is 0 Å². The minimum Gasteiger partial charge on any atom is -0.484 e. The van der Waals surface area contributed by atoms with Crippen LogP contribution in [-0.4, -0.2) is 43.6 Å². The Balaban J connectivity index is 2.19. The van der Waals surface area contributed by atoms with Crippen molar-refractivity contribution in [1.82, 2.24) is 10.2 Å². The number of nitrogens with one attached hydrogen (secondary N) is 1. The van der Waals surface area contributed by atoms with Gasteiger partial charge in [0.1, 0.15) is 5.75 Å². The third kappa shape index (κ3) is 6.25. The van der Waals surface area contributed by atoms with Crippen LogP contribution >= 0.6 is 0 Å². The average molecular weight is 264 g/mol. The normalized spacial score (nSPS) is 10.5. The summed E-state index contributed by atoms with van der Waals surface area (Å²) in [6.07, 6.45) is 0. The average Bonchev–Trinajstić information content (AvgIpc) is 2.43. The number of ether oxygens (including phenoxy) is 1. The predicted octanol–water partition coefficient (Wildman–Crippen LogP) is 1.83. The highest BCUT2D eigenvalue weighted by Crippen LogP contribution is 2.10. The molecule has 0 radical (unpaired) electrons. The van der Waals surface area contributed by atoms with Crippen molar-refractivity contribution in [1.29, 1.82) is 0 Å². The number of rotatable bonds is 8. The molecule has 0 spiro atoms. The summed E-state index contributed by atoms with van der Waals surface area (Å²) in [6.45, 7) is 9.88. The molecule has 0 aliphatic carbocycles. The highest BCUT2D eigenvalue weighted by Gasteiger charge is 2.03. The van der Waals surface area contributed by atoms with Gasteiger partial charge in [-0.05, 0) is 32.1 Å². The number of nitrogens with zero attached hydrogens (tertiary/aromatic N) is 1. The molecule has 1 rings (SSSR count). The molecule has 0 aliphatic rings. The van der Waals surface area contributed by atoms with E-state index < -0.39 is 0 Å². The van der Waals surface area contributed by atoms with Crippen molar-refractivity contribution in [3.8, 4) is 5.75 Å². The van der Waals surface area contributed by atoms with E-state index in [0.29, 0.717) is 6.54 Å². The van der Waals surface area contributed by atoms with E-state index in [1.54, 1.807) is 0 Å². The zero-order valence-corrected chi connectivity index (χ0v) is 12.1. The molecule has 0 unspecified atom stereocenters. The van der Waals surface area contributed by atoms with Crippen molar-refractivity contribution < 1.29 is 9.53 Å². The number of likely N-dealkylation sites (N-methyl/N-ethyl adjacent to an activating group) is 1. The van der Waals surface area contributed by atoms with Crippen LogP contribution in [0.25, 0.3) is 0 Å². The van der Waals surface area contributed by atoms with Crippen LogP contribution in [0.2, 0.25) is 0 Å². The summed E-state index contributed by atoms with van der Waals surface area (Å²) in [6, 6.07) is 7.68. The lowest BCUT2D eigenvalue weighted by Gasteiger charge is -2.17. The zero-order chi connectivity index (χ0) is 14.1. The number of hydrogen-bond donors (Lipinski definition) is 1. The van der Waals surface area contributed by atoms with E-state index in [1.807, 2.05) is 31.2 Å². The maximum atomic E-state index is 11.6. The fourth-order valence-electron chi connectivity index (χ4n) is 1.73. The maximum absolute atomic E-state index is 11.6. The van der Waals surface area contributed by atoms with Crippen LogP contribution in [0.4, 0.5) is 0 Å². The molecule has 0 fully saturated rings. The predicted molar refractivity (Wildman–Crippen MR) is 77.5 cm³/mol. The molecule has 4 nitrogen and oxygen atoms in total. The highest BCUT2D eigenvalue weighted by molar-refractivity contribution is 5.77. The van der Waals surface area contributed by atoms with Gasteiger partial charge in [0.25, 0.3) is 5.91 Å². The van der Waals surface area contributed by atoms with Crippen LogP contribution in [0.15, 0.2) is 24.3 Å². The number of carbonyl (C=O) groups excluding carboxylic acids is 1. The smallest absolute Gasteiger partial charge is 0.257 e. The van der Waals surface area contributed by atoms with Gasteiger partial charge in [0.15, 0.2) is 6.61 Å². The lowest BCUT2D eigenvalue weighted by molar-refractivity contribution is -0.123. The van der Waals surface area contributed by atoms with Crippen LogP contribution in [0.5, 0.6) is 5.75 Å². The Morgan fingerprint density at radius 3 is 2.42 bits per heavy atom. The largest absolute Gasteiger partial charge is 0.484 e. The fraction of sp³-hybridized carbons (Fsp3) is 0.533. The van der Waals surface area contributed by atoms with Crippen LogP contribution in [0.1, 0.15) is 19.4 Å². The molecule has 106 valence electrons. The summed E-state index contributed by atoms with van der Waals surface area (Å²) in [5, 5.41) is 2.86. The second-order valence-electron chi connectivity index (χ2n) is 4.48. The Labute approximate surface area is 115 Å². The fourth-order valence-corrected chi connectivity index (χ4v) is 1.73. The Kier molecular flexibility index (Phi) is 6.97. The quantitative estimate of drug-likeness (QED) is 0.779. The topological polar surface area (TPSA) is 41.6 Å². The third-order valence-corrected chi connectivity index (χ3v) is 3.04. The van der Waals surface area contributed by atoms with Crippen molar-refractivity contribution in [3.05, 3.63) is 29.8 Å². The first-order chi connectivity index (χ1) is 9.15. The molecule has 0 aromatic heterocycles. The third-order valence-electron chi connectivity index (χ3n) is 3.04. The van der Waals surface area contributed by atoms with Crippen molar-refractivity contribution >= 4 is 5.91 Å². The number of amides is 1. The van der Waals surface area contributed by atoms with Gasteiger partial charge in [0.05, 0.1) is 0 Å². The molecule has 0 saturated carbocycles. The van der Waals surface area contributed by atoms with Crippen molar-refractivity contribution in [2.24, 2.45) is 0 Å². The summed E-state index contributed by atoms with van der Waals surface area (Å²) < 4.78 is 5.41. The van der Waals surface area contributed by atoms with Crippen molar-refractivity contribution in [2.75, 3.05) is 32.8 Å². The summed E-state index contributed by atoms with van der Waals surface area (Å²) in [7, 11) is 0. The molecule has 1 aromatic rings. The van der Waals surface area contributed by atoms with Gasteiger partial charge in [-0.2, -0.15) is 0 Å². The lowest BCUT2D eigenvalue weighted by atomic mass is 10.2. The summed E-state index contributed by atoms with van der Waals surface area (Å²) >= 11 is 0. The Hall–Kier alpha value is -1.55. The molecule has 0 bridgehead atoms. The Morgan fingerprint density at radius 2 is 1.84 bits per heavy atom. The van der Waals surface area contributed by atoms with E-state index in [9.17, 15) is 4.79 Å². The van der Waals surface area contributed by atoms with E-state index in [2.05, 4.69) is 24.1 Å². The Morgan fingerprint density at radius 1 is 1.21 bits per heavy atom. The number of carbonyl (C=O) groups is 1. The molecule has 1 amide bonds. The summed E-state index contributed by atoms with van der Waals surface area (Å²) in [5.74, 6) is 0.650. The molecule has 0 saturated heterocycles. The molecule has 19 heavy (non-hydrogen) atoms. The SMILES string of the molecule is CCN(CC)CCNC(=O)COc1ccc(C)cc1. The molecule has 1 N–H and O–H groups in total. The van der Waals surface area contributed by atoms with E-state index >= 15 is 0 Å². The van der Waals surface area contributed by atoms with Crippen LogP contribution in [0, 0.1) is 6.92 Å². The first kappa shape index (κ1) is 15.5. The number of hydrogen-bond acceptors (Lipinski definition) is 3. The highest BCUT2D eigenvalue weighted by atomic mass is 16.5. The number of benzene rings is 1. The first-order valence-corrected chi connectivity index (χ1v) is 6.84. The van der Waals surface area contributed by atoms with Crippen LogP contribution in [-0.2, 0) is 4.79 Å². The zero-order valence-electron chi connectivity index (χ0n) is 12.1. The van der Waals surface area contributed by atoms with E-state index in [-0.39, 0.29) is 12.5 Å². The minimum atomic E-state index is -0.0762.